The lowest BCUT2D eigenvalue weighted by molar-refractivity contribution is -0.120. The van der Waals surface area contributed by atoms with Crippen LogP contribution in [0.15, 0.2) is 58.4 Å². The number of amides is 1. The van der Waals surface area contributed by atoms with Crippen molar-refractivity contribution in [1.82, 2.24) is 20.5 Å². The van der Waals surface area contributed by atoms with Crippen LogP contribution in [-0.4, -0.2) is 26.3 Å². The number of hydrogen-bond acceptors (Lipinski definition) is 6. The minimum absolute atomic E-state index is 0.171. The van der Waals surface area contributed by atoms with Crippen molar-refractivity contribution in [2.24, 2.45) is 0 Å². The van der Waals surface area contributed by atoms with E-state index in [0.717, 1.165) is 11.1 Å². The van der Waals surface area contributed by atoms with Gasteiger partial charge in [0.2, 0.25) is 11.8 Å². The highest BCUT2D eigenvalue weighted by Crippen LogP contribution is 2.25. The summed E-state index contributed by atoms with van der Waals surface area (Å²) in [6, 6.07) is 9.57. The van der Waals surface area contributed by atoms with Crippen LogP contribution in [-0.2, 0) is 11.3 Å². The molecule has 0 aliphatic carbocycles. The van der Waals surface area contributed by atoms with E-state index in [1.807, 2.05) is 6.07 Å². The van der Waals surface area contributed by atoms with E-state index in [2.05, 4.69) is 20.5 Å². The van der Waals surface area contributed by atoms with E-state index in [1.165, 1.54) is 23.9 Å². The minimum Gasteiger partial charge on any atom is -0.411 e. The van der Waals surface area contributed by atoms with E-state index in [1.54, 1.807) is 37.5 Å². The summed E-state index contributed by atoms with van der Waals surface area (Å²) in [5.74, 6) is -0.121. The first-order valence-electron chi connectivity index (χ1n) is 7.54. The number of nitrogens with one attached hydrogen (secondary N) is 1. The van der Waals surface area contributed by atoms with Crippen molar-refractivity contribution in [3.63, 3.8) is 0 Å². The molecule has 0 spiro atoms. The van der Waals surface area contributed by atoms with E-state index in [9.17, 15) is 9.18 Å². The smallest absolute Gasteiger partial charge is 0.277 e. The molecule has 1 atom stereocenters. The van der Waals surface area contributed by atoms with Gasteiger partial charge in [-0.25, -0.2) is 4.39 Å². The van der Waals surface area contributed by atoms with Gasteiger partial charge in [-0.05, 0) is 36.8 Å². The average Bonchev–Trinajstić information content (AvgIpc) is 3.10. The van der Waals surface area contributed by atoms with Gasteiger partial charge >= 0.3 is 0 Å². The van der Waals surface area contributed by atoms with Gasteiger partial charge in [-0.2, -0.15) is 0 Å². The minimum atomic E-state index is -0.414. The molecule has 8 heteroatoms. The quantitative estimate of drug-likeness (QED) is 0.682. The van der Waals surface area contributed by atoms with Crippen molar-refractivity contribution in [2.45, 2.75) is 23.9 Å². The van der Waals surface area contributed by atoms with Crippen LogP contribution in [0.4, 0.5) is 4.39 Å². The van der Waals surface area contributed by atoms with Crippen molar-refractivity contribution in [3.8, 4) is 11.5 Å². The zero-order valence-electron chi connectivity index (χ0n) is 13.3. The number of benzene rings is 1. The molecule has 0 unspecified atom stereocenters. The van der Waals surface area contributed by atoms with Gasteiger partial charge in [0.05, 0.1) is 10.8 Å². The second-order valence-corrected chi connectivity index (χ2v) is 6.51. The molecule has 6 nitrogen and oxygen atoms in total. The first kappa shape index (κ1) is 17.1. The van der Waals surface area contributed by atoms with Gasteiger partial charge in [-0.1, -0.05) is 23.9 Å². The maximum absolute atomic E-state index is 12.9. The largest absolute Gasteiger partial charge is 0.411 e. The highest BCUT2D eigenvalue weighted by molar-refractivity contribution is 8.00. The lowest BCUT2D eigenvalue weighted by Gasteiger charge is -2.09. The van der Waals surface area contributed by atoms with Gasteiger partial charge in [-0.3, -0.25) is 9.78 Å². The van der Waals surface area contributed by atoms with E-state index in [0.29, 0.717) is 17.7 Å². The molecule has 3 aromatic rings. The van der Waals surface area contributed by atoms with Crippen molar-refractivity contribution in [1.29, 1.82) is 0 Å². The van der Waals surface area contributed by atoms with Crippen molar-refractivity contribution >= 4 is 17.7 Å². The molecule has 2 heterocycles. The first-order valence-corrected chi connectivity index (χ1v) is 8.42. The number of thioether (sulfide) groups is 1. The molecule has 1 aromatic carbocycles. The molecule has 2 aromatic heterocycles. The molecule has 0 saturated carbocycles. The molecule has 0 aliphatic heterocycles. The molecule has 3 rings (SSSR count). The van der Waals surface area contributed by atoms with Gasteiger partial charge in [-0.15, -0.1) is 10.2 Å². The zero-order valence-corrected chi connectivity index (χ0v) is 14.2. The lowest BCUT2D eigenvalue weighted by Crippen LogP contribution is -2.30. The Hall–Kier alpha value is -2.74. The van der Waals surface area contributed by atoms with Crippen LogP contribution in [0, 0.1) is 5.82 Å². The average molecular weight is 358 g/mol. The van der Waals surface area contributed by atoms with Gasteiger partial charge in [0.25, 0.3) is 5.22 Å². The Bertz CT molecular complexity index is 839. The molecule has 25 heavy (non-hydrogen) atoms. The number of carbonyl (C=O) groups is 1. The second kappa shape index (κ2) is 7.89. The fourth-order valence-electron chi connectivity index (χ4n) is 2.00. The molecule has 128 valence electrons. The zero-order chi connectivity index (χ0) is 17.6. The fourth-order valence-corrected chi connectivity index (χ4v) is 2.71. The summed E-state index contributed by atoms with van der Waals surface area (Å²) >= 11 is 1.17. The van der Waals surface area contributed by atoms with Gasteiger partial charge in [0.15, 0.2) is 0 Å². The normalized spacial score (nSPS) is 11.9. The van der Waals surface area contributed by atoms with Crippen LogP contribution in [0.5, 0.6) is 0 Å². The first-order chi connectivity index (χ1) is 12.1. The summed E-state index contributed by atoms with van der Waals surface area (Å²) in [6.45, 7) is 2.08. The van der Waals surface area contributed by atoms with Crippen LogP contribution < -0.4 is 5.32 Å². The molecule has 0 aliphatic rings. The summed E-state index contributed by atoms with van der Waals surface area (Å²) in [5, 5.41) is 10.6. The van der Waals surface area contributed by atoms with Crippen LogP contribution in [0.25, 0.3) is 11.5 Å². The molecule has 0 radical (unpaired) electrons. The number of pyridine rings is 1. The number of nitrogens with zero attached hydrogens (tertiary/aromatic N) is 3. The Balaban J connectivity index is 1.54. The monoisotopic (exact) mass is 358 g/mol. The van der Waals surface area contributed by atoms with Gasteiger partial charge < -0.3 is 9.73 Å². The number of rotatable bonds is 6. The third-order valence-corrected chi connectivity index (χ3v) is 4.28. The Morgan fingerprint density at radius 1 is 1.28 bits per heavy atom. The summed E-state index contributed by atoms with van der Waals surface area (Å²) in [4.78, 5) is 16.2. The summed E-state index contributed by atoms with van der Waals surface area (Å²) in [6.07, 6.45) is 3.28. The molecule has 1 N–H and O–H groups in total. The molecular formula is C17H15FN4O2S. The Morgan fingerprint density at radius 2 is 2.08 bits per heavy atom. The van der Waals surface area contributed by atoms with E-state index in [-0.39, 0.29) is 11.7 Å². The number of aromatic nitrogens is 3. The van der Waals surface area contributed by atoms with Crippen molar-refractivity contribution < 1.29 is 13.6 Å². The van der Waals surface area contributed by atoms with Crippen molar-refractivity contribution in [3.05, 3.63) is 60.2 Å². The summed E-state index contributed by atoms with van der Waals surface area (Å²) in [5.41, 5.74) is 1.54. The highest BCUT2D eigenvalue weighted by Gasteiger charge is 2.18. The Morgan fingerprint density at radius 3 is 2.80 bits per heavy atom. The SMILES string of the molecule is C[C@@H](Sc1nnc(-c2cccnc2)o1)C(=O)NCc1ccc(F)cc1. The number of carbonyl (C=O) groups excluding carboxylic acids is 1. The van der Waals surface area contributed by atoms with Gasteiger partial charge in [0, 0.05) is 18.9 Å². The second-order valence-electron chi connectivity index (χ2n) is 5.22. The standard InChI is InChI=1S/C17H15FN4O2S/c1-11(15(23)20-9-12-4-6-14(18)7-5-12)25-17-22-21-16(24-17)13-3-2-8-19-10-13/h2-8,10-11H,9H2,1H3,(H,20,23)/t11-/m1/s1. The predicted octanol–water partition coefficient (Wildman–Crippen LogP) is 3.07. The topological polar surface area (TPSA) is 80.9 Å². The van der Waals surface area contributed by atoms with E-state index < -0.39 is 5.25 Å². The van der Waals surface area contributed by atoms with Gasteiger partial charge in [0.1, 0.15) is 5.82 Å². The van der Waals surface area contributed by atoms with E-state index >= 15 is 0 Å². The third kappa shape index (κ3) is 4.63. The molecule has 0 fully saturated rings. The van der Waals surface area contributed by atoms with Crippen LogP contribution in [0.2, 0.25) is 0 Å². The molecular weight excluding hydrogens is 343 g/mol. The fraction of sp³-hybridized carbons (Fsp3) is 0.176. The maximum Gasteiger partial charge on any atom is 0.277 e. The Labute approximate surface area is 147 Å². The molecule has 1 amide bonds. The van der Waals surface area contributed by atoms with Crippen LogP contribution in [0.3, 0.4) is 0 Å². The van der Waals surface area contributed by atoms with Crippen LogP contribution >= 0.6 is 11.8 Å². The molecule has 0 bridgehead atoms. The Kier molecular flexibility index (Phi) is 5.39. The number of hydrogen-bond donors (Lipinski definition) is 1. The molecule has 0 saturated heterocycles. The maximum atomic E-state index is 12.9. The summed E-state index contributed by atoms with van der Waals surface area (Å²) < 4.78 is 18.4. The third-order valence-electron chi connectivity index (χ3n) is 3.34. The predicted molar refractivity (Wildman–Crippen MR) is 91.1 cm³/mol. The van der Waals surface area contributed by atoms with E-state index in [4.69, 9.17) is 4.42 Å². The number of halogens is 1. The van der Waals surface area contributed by atoms with Crippen molar-refractivity contribution in [2.75, 3.05) is 0 Å². The van der Waals surface area contributed by atoms with Crippen LogP contribution in [0.1, 0.15) is 12.5 Å². The lowest BCUT2D eigenvalue weighted by atomic mass is 10.2. The highest BCUT2D eigenvalue weighted by atomic mass is 32.2. The summed E-state index contributed by atoms with van der Waals surface area (Å²) in [7, 11) is 0.